The van der Waals surface area contributed by atoms with Gasteiger partial charge in [0.15, 0.2) is 0 Å². The van der Waals surface area contributed by atoms with Gasteiger partial charge in [-0.25, -0.2) is 14.1 Å². The minimum absolute atomic E-state index is 0.0872. The molecule has 2 atom stereocenters. The van der Waals surface area contributed by atoms with Gasteiger partial charge in [-0.15, -0.1) is 0 Å². The van der Waals surface area contributed by atoms with Gasteiger partial charge in [-0.05, 0) is 47.4 Å². The molecule has 2 aliphatic rings. The number of carboxylic acid groups (broad SMARTS) is 1. The number of carbonyl (C=O) groups is 2. The summed E-state index contributed by atoms with van der Waals surface area (Å²) in [5, 5.41) is 8.98. The number of pyridine rings is 1. The Kier molecular flexibility index (Phi) is 7.74. The van der Waals surface area contributed by atoms with Gasteiger partial charge in [0, 0.05) is 56.0 Å². The summed E-state index contributed by atoms with van der Waals surface area (Å²) >= 11 is 6.39. The second kappa shape index (κ2) is 10.9. The monoisotopic (exact) mass is 602 g/mol. The summed E-state index contributed by atoms with van der Waals surface area (Å²) in [5.41, 5.74) is 0.511. The van der Waals surface area contributed by atoms with Crippen molar-refractivity contribution in [2.45, 2.75) is 56.8 Å². The molecule has 2 aromatic carbocycles. The van der Waals surface area contributed by atoms with Gasteiger partial charge in [0.2, 0.25) is 0 Å². The molecular weight excluding hydrogens is 571 g/mol. The van der Waals surface area contributed by atoms with Gasteiger partial charge in [0.1, 0.15) is 17.4 Å². The van der Waals surface area contributed by atoms with Gasteiger partial charge in [-0.2, -0.15) is 13.2 Å². The highest BCUT2D eigenvalue weighted by Gasteiger charge is 2.56. The SMILES string of the molecule is CC1(C)CC([N+](C)(C(=O)c2c(Cl)cccc2C(F)(F)F)C2CCN(c3ccncc3)CC2)c2cc(OC(=O)O)ccc21. The zero-order valence-electron chi connectivity index (χ0n) is 23.5. The molecule has 2 unspecified atom stereocenters. The summed E-state index contributed by atoms with van der Waals surface area (Å²) in [4.78, 5) is 32.3. The number of halogens is 4. The predicted molar refractivity (Wildman–Crippen MR) is 152 cm³/mol. The van der Waals surface area contributed by atoms with E-state index in [1.54, 1.807) is 37.6 Å². The zero-order chi connectivity index (χ0) is 30.4. The van der Waals surface area contributed by atoms with Gasteiger partial charge in [0.05, 0.1) is 23.7 Å². The number of hydrogen-bond acceptors (Lipinski definition) is 5. The lowest BCUT2D eigenvalue weighted by Crippen LogP contribution is -2.61. The molecule has 0 radical (unpaired) electrons. The Morgan fingerprint density at radius 1 is 1.10 bits per heavy atom. The van der Waals surface area contributed by atoms with Crippen LogP contribution in [-0.2, 0) is 11.6 Å². The lowest BCUT2D eigenvalue weighted by atomic mass is 9.86. The van der Waals surface area contributed by atoms with E-state index in [4.69, 9.17) is 16.3 Å². The second-order valence-electron chi connectivity index (χ2n) is 11.8. The van der Waals surface area contributed by atoms with Crippen molar-refractivity contribution in [2.75, 3.05) is 25.0 Å². The molecule has 1 aliphatic carbocycles. The van der Waals surface area contributed by atoms with E-state index in [0.29, 0.717) is 37.9 Å². The van der Waals surface area contributed by atoms with Crippen LogP contribution < -0.4 is 9.64 Å². The van der Waals surface area contributed by atoms with Crippen LogP contribution in [0.25, 0.3) is 0 Å². The highest BCUT2D eigenvalue weighted by Crippen LogP contribution is 2.53. The minimum atomic E-state index is -4.79. The van der Waals surface area contributed by atoms with Crippen LogP contribution in [0.5, 0.6) is 5.75 Å². The fourth-order valence-electron chi connectivity index (χ4n) is 6.77. The normalized spacial score (nSPS) is 20.1. The number of rotatable bonds is 5. The number of aromatic nitrogens is 1. The molecule has 7 nitrogen and oxygen atoms in total. The van der Waals surface area contributed by atoms with E-state index in [-0.39, 0.29) is 21.3 Å². The van der Waals surface area contributed by atoms with Gasteiger partial charge >= 0.3 is 18.2 Å². The molecule has 3 aromatic rings. The van der Waals surface area contributed by atoms with Gasteiger partial charge < -0.3 is 14.7 Å². The third-order valence-electron chi connectivity index (χ3n) is 8.89. The standard InChI is InChI=1S/C31H31ClF3N3O4/c1-30(2)18-26(22-17-21(42-29(40)41)7-8-23(22)30)38(3,20-11-15-37(16-12-20)19-9-13-36-14-10-19)28(39)27-24(31(33,34)35)5-4-6-25(27)32/h4-10,13-14,17,20,26H,11-12,15-16,18H2,1-3H3/p+1. The van der Waals surface area contributed by atoms with Crippen LogP contribution in [0, 0.1) is 0 Å². The third-order valence-corrected chi connectivity index (χ3v) is 9.20. The second-order valence-corrected chi connectivity index (χ2v) is 12.2. The number of ether oxygens (including phenoxy) is 1. The average Bonchev–Trinajstić information content (AvgIpc) is 3.22. The van der Waals surface area contributed by atoms with E-state index >= 15 is 0 Å². The van der Waals surface area contributed by atoms with Crippen molar-refractivity contribution in [3.05, 3.63) is 88.2 Å². The minimum Gasteiger partial charge on any atom is -0.449 e. The van der Waals surface area contributed by atoms with E-state index in [2.05, 4.69) is 9.88 Å². The maximum atomic E-state index is 14.7. The highest BCUT2D eigenvalue weighted by atomic mass is 35.5. The van der Waals surface area contributed by atoms with Crippen molar-refractivity contribution in [3.8, 4) is 5.75 Å². The summed E-state index contributed by atoms with van der Waals surface area (Å²) in [6.07, 6.45) is -1.34. The van der Waals surface area contributed by atoms with Crippen molar-refractivity contribution < 1.29 is 37.1 Å². The number of fused-ring (bicyclic) bond motifs is 1. The molecule has 222 valence electrons. The Labute approximate surface area is 247 Å². The number of alkyl halides is 3. The Morgan fingerprint density at radius 2 is 1.76 bits per heavy atom. The molecule has 1 fully saturated rings. The maximum Gasteiger partial charge on any atom is 0.511 e. The van der Waals surface area contributed by atoms with E-state index in [0.717, 1.165) is 17.3 Å². The fourth-order valence-corrected chi connectivity index (χ4v) is 7.03. The molecule has 1 aliphatic heterocycles. The van der Waals surface area contributed by atoms with Crippen LogP contribution in [0.15, 0.2) is 60.9 Å². The van der Waals surface area contributed by atoms with Crippen LogP contribution in [0.1, 0.15) is 66.2 Å². The topological polar surface area (TPSA) is 79.7 Å². The van der Waals surface area contributed by atoms with Crippen LogP contribution in [0.4, 0.5) is 23.7 Å². The first-order valence-electron chi connectivity index (χ1n) is 13.7. The first-order valence-corrected chi connectivity index (χ1v) is 14.1. The lowest BCUT2D eigenvalue weighted by molar-refractivity contribution is -0.887. The molecule has 1 amide bonds. The molecule has 0 bridgehead atoms. The summed E-state index contributed by atoms with van der Waals surface area (Å²) in [6.45, 7) is 5.22. The lowest BCUT2D eigenvalue weighted by Gasteiger charge is -2.47. The number of nitrogens with zero attached hydrogens (tertiary/aromatic N) is 3. The number of piperidine rings is 1. The highest BCUT2D eigenvalue weighted by molar-refractivity contribution is 6.33. The van der Waals surface area contributed by atoms with Crippen LogP contribution in [0.2, 0.25) is 5.02 Å². The summed E-state index contributed by atoms with van der Waals surface area (Å²) in [7, 11) is 1.71. The summed E-state index contributed by atoms with van der Waals surface area (Å²) < 4.78 is 47.4. The number of anilines is 1. The fraction of sp³-hybridized carbons (Fsp3) is 0.387. The Balaban J connectivity index is 1.64. The zero-order valence-corrected chi connectivity index (χ0v) is 24.2. The Morgan fingerprint density at radius 3 is 2.38 bits per heavy atom. The first kappa shape index (κ1) is 29.8. The molecule has 1 N–H and O–H groups in total. The number of carbonyl (C=O) groups excluding carboxylic acids is 1. The Hall–Kier alpha value is -3.63. The molecule has 42 heavy (non-hydrogen) atoms. The molecule has 11 heteroatoms. The number of hydrogen-bond donors (Lipinski definition) is 1. The largest absolute Gasteiger partial charge is 0.511 e. The number of amides is 1. The molecule has 0 spiro atoms. The summed E-state index contributed by atoms with van der Waals surface area (Å²) in [6, 6.07) is 11.2. The Bertz CT molecular complexity index is 1510. The van der Waals surface area contributed by atoms with Gasteiger partial charge in [0.25, 0.3) is 0 Å². The maximum absolute atomic E-state index is 14.7. The summed E-state index contributed by atoms with van der Waals surface area (Å²) in [5.74, 6) is -0.627. The quantitative estimate of drug-likeness (QED) is 0.185. The first-order chi connectivity index (χ1) is 19.7. The predicted octanol–water partition coefficient (Wildman–Crippen LogP) is 7.49. The molecule has 1 saturated heterocycles. The van der Waals surface area contributed by atoms with E-state index in [1.165, 1.54) is 12.1 Å². The average molecular weight is 603 g/mol. The number of benzene rings is 2. The van der Waals surface area contributed by atoms with Gasteiger partial charge in [-0.1, -0.05) is 37.6 Å². The van der Waals surface area contributed by atoms with E-state index < -0.39 is 40.8 Å². The van der Waals surface area contributed by atoms with Crippen LogP contribution in [0.3, 0.4) is 0 Å². The molecule has 0 saturated carbocycles. The smallest absolute Gasteiger partial charge is 0.449 e. The van der Waals surface area contributed by atoms with E-state index in [1.807, 2.05) is 26.0 Å². The van der Waals surface area contributed by atoms with Crippen LogP contribution in [-0.4, -0.2) is 52.8 Å². The van der Waals surface area contributed by atoms with Crippen LogP contribution >= 0.6 is 11.6 Å². The van der Waals surface area contributed by atoms with Gasteiger partial charge in [-0.3, -0.25) is 4.98 Å². The van der Waals surface area contributed by atoms with Crippen molar-refractivity contribution in [2.24, 2.45) is 0 Å². The number of quaternary nitrogens is 1. The van der Waals surface area contributed by atoms with Crippen molar-refractivity contribution in [1.82, 2.24) is 4.98 Å². The van der Waals surface area contributed by atoms with Crippen molar-refractivity contribution >= 4 is 29.4 Å². The molecule has 2 heterocycles. The molecule has 1 aromatic heterocycles. The third kappa shape index (κ3) is 5.33. The molecule has 5 rings (SSSR count). The van der Waals surface area contributed by atoms with Crippen molar-refractivity contribution in [3.63, 3.8) is 0 Å². The molecular formula is C31H32ClF3N3O4+. The van der Waals surface area contributed by atoms with E-state index in [9.17, 15) is 27.9 Å². The van der Waals surface area contributed by atoms with Crippen molar-refractivity contribution in [1.29, 1.82) is 0 Å².